The van der Waals surface area contributed by atoms with Crippen molar-refractivity contribution in [3.63, 3.8) is 0 Å². The third kappa shape index (κ3) is 4.78. The Morgan fingerprint density at radius 1 is 1.28 bits per heavy atom. The van der Waals surface area contributed by atoms with Crippen LogP contribution >= 0.6 is 11.6 Å². The molecule has 0 aromatic heterocycles. The van der Waals surface area contributed by atoms with Gasteiger partial charge in [0.25, 0.3) is 11.6 Å². The van der Waals surface area contributed by atoms with Crippen molar-refractivity contribution >= 4 is 34.6 Å². The Labute approximate surface area is 174 Å². The standard InChI is InChI=1S/C20H23ClN4O4/c1-14(20(26)22-17-13-15(25(27)28)7-8-16(17)21)23-9-11-24(12-10-23)18-5-3-4-6-19(18)29-2/h3-8,13-14H,9-12H2,1-2H3,(H,22,26)/p+1/t14-/m1/s1. The van der Waals surface area contributed by atoms with Gasteiger partial charge in [0.05, 0.1) is 54.6 Å². The monoisotopic (exact) mass is 419 g/mol. The molecule has 1 amide bonds. The second-order valence-electron chi connectivity index (χ2n) is 6.95. The normalized spacial score (nSPS) is 15.6. The number of anilines is 2. The maximum Gasteiger partial charge on any atom is 0.282 e. The zero-order chi connectivity index (χ0) is 21.0. The minimum Gasteiger partial charge on any atom is -0.495 e. The number of nitrogens with zero attached hydrogens (tertiary/aromatic N) is 2. The van der Waals surface area contributed by atoms with Crippen molar-refractivity contribution in [2.75, 3.05) is 43.5 Å². The number of nitro groups is 1. The zero-order valence-electron chi connectivity index (χ0n) is 16.4. The summed E-state index contributed by atoms with van der Waals surface area (Å²) in [4.78, 5) is 26.5. The summed E-state index contributed by atoms with van der Waals surface area (Å²) in [6.45, 7) is 5.02. The number of hydrogen-bond acceptors (Lipinski definition) is 5. The van der Waals surface area contributed by atoms with Crippen LogP contribution < -0.4 is 19.9 Å². The molecule has 1 heterocycles. The van der Waals surface area contributed by atoms with Crippen LogP contribution in [0.25, 0.3) is 0 Å². The Morgan fingerprint density at radius 2 is 1.97 bits per heavy atom. The Morgan fingerprint density at radius 3 is 2.62 bits per heavy atom. The quantitative estimate of drug-likeness (QED) is 0.552. The summed E-state index contributed by atoms with van der Waals surface area (Å²) in [5.41, 5.74) is 1.19. The molecule has 0 unspecified atom stereocenters. The predicted molar refractivity (Wildman–Crippen MR) is 112 cm³/mol. The second kappa shape index (κ2) is 9.11. The molecule has 1 saturated heterocycles. The predicted octanol–water partition coefficient (Wildman–Crippen LogP) is 1.99. The number of piperazine rings is 1. The highest BCUT2D eigenvalue weighted by atomic mass is 35.5. The first-order valence-electron chi connectivity index (χ1n) is 9.38. The van der Waals surface area contributed by atoms with E-state index in [9.17, 15) is 14.9 Å². The maximum atomic E-state index is 12.7. The van der Waals surface area contributed by atoms with Gasteiger partial charge in [-0.3, -0.25) is 14.9 Å². The van der Waals surface area contributed by atoms with Crippen molar-refractivity contribution in [2.24, 2.45) is 0 Å². The summed E-state index contributed by atoms with van der Waals surface area (Å²) in [6.07, 6.45) is 0. The van der Waals surface area contributed by atoms with E-state index in [2.05, 4.69) is 10.2 Å². The molecule has 0 spiro atoms. The van der Waals surface area contributed by atoms with Crippen LogP contribution in [-0.2, 0) is 4.79 Å². The topological polar surface area (TPSA) is 89.2 Å². The number of carbonyl (C=O) groups is 1. The molecule has 0 saturated carbocycles. The summed E-state index contributed by atoms with van der Waals surface area (Å²) < 4.78 is 5.44. The number of ether oxygens (including phenoxy) is 1. The van der Waals surface area contributed by atoms with Gasteiger partial charge in [0.1, 0.15) is 5.75 Å². The average molecular weight is 420 g/mol. The Kier molecular flexibility index (Phi) is 6.56. The van der Waals surface area contributed by atoms with Gasteiger partial charge in [-0.1, -0.05) is 23.7 Å². The summed E-state index contributed by atoms with van der Waals surface area (Å²) in [7, 11) is 1.66. The molecule has 8 nitrogen and oxygen atoms in total. The van der Waals surface area contributed by atoms with Gasteiger partial charge in [0, 0.05) is 12.1 Å². The number of quaternary nitrogens is 1. The molecule has 2 N–H and O–H groups in total. The molecule has 2 aromatic carbocycles. The molecule has 29 heavy (non-hydrogen) atoms. The zero-order valence-corrected chi connectivity index (χ0v) is 17.1. The number of halogens is 1. The molecule has 0 bridgehead atoms. The number of nitro benzene ring substituents is 1. The molecule has 1 aliphatic heterocycles. The molecule has 1 atom stereocenters. The van der Waals surface area contributed by atoms with E-state index in [-0.39, 0.29) is 28.3 Å². The van der Waals surface area contributed by atoms with E-state index in [0.717, 1.165) is 42.5 Å². The van der Waals surface area contributed by atoms with Gasteiger partial charge in [-0.15, -0.1) is 0 Å². The Hall–Kier alpha value is -2.84. The molecule has 1 aliphatic rings. The molecular formula is C20H24ClN4O4+. The fourth-order valence-electron chi connectivity index (χ4n) is 3.51. The molecule has 9 heteroatoms. The Balaban J connectivity index is 1.62. The number of nitrogens with one attached hydrogen (secondary N) is 2. The van der Waals surface area contributed by atoms with Crippen molar-refractivity contribution < 1.29 is 19.4 Å². The van der Waals surface area contributed by atoms with E-state index in [1.54, 1.807) is 7.11 Å². The van der Waals surface area contributed by atoms with Crippen LogP contribution in [0.15, 0.2) is 42.5 Å². The highest BCUT2D eigenvalue weighted by molar-refractivity contribution is 6.33. The largest absolute Gasteiger partial charge is 0.495 e. The van der Waals surface area contributed by atoms with Gasteiger partial charge < -0.3 is 19.9 Å². The molecule has 0 radical (unpaired) electrons. The molecule has 3 rings (SSSR count). The lowest BCUT2D eigenvalue weighted by Crippen LogP contribution is -3.19. The van der Waals surface area contributed by atoms with Crippen molar-refractivity contribution in [3.8, 4) is 5.75 Å². The lowest BCUT2D eigenvalue weighted by atomic mass is 10.2. The van der Waals surface area contributed by atoms with Gasteiger partial charge >= 0.3 is 0 Å². The average Bonchev–Trinajstić information content (AvgIpc) is 2.74. The van der Waals surface area contributed by atoms with Gasteiger partial charge in [0.2, 0.25) is 0 Å². The van der Waals surface area contributed by atoms with Gasteiger partial charge in [-0.25, -0.2) is 0 Å². The highest BCUT2D eigenvalue weighted by Gasteiger charge is 2.30. The summed E-state index contributed by atoms with van der Waals surface area (Å²) in [5, 5.41) is 14.0. The Bertz CT molecular complexity index is 900. The summed E-state index contributed by atoms with van der Waals surface area (Å²) in [6, 6.07) is 11.6. The third-order valence-electron chi connectivity index (χ3n) is 5.26. The van der Waals surface area contributed by atoms with Crippen molar-refractivity contribution in [1.29, 1.82) is 0 Å². The first-order valence-corrected chi connectivity index (χ1v) is 9.76. The minimum atomic E-state index is -0.516. The van der Waals surface area contributed by atoms with Crippen molar-refractivity contribution in [3.05, 3.63) is 57.6 Å². The SMILES string of the molecule is COc1ccccc1N1CC[NH+]([C@H](C)C(=O)Nc2cc([N+](=O)[O-])ccc2Cl)CC1. The van der Waals surface area contributed by atoms with E-state index in [0.29, 0.717) is 0 Å². The first kappa shape index (κ1) is 20.9. The number of amides is 1. The van der Waals surface area contributed by atoms with Crippen LogP contribution in [0.2, 0.25) is 5.02 Å². The molecule has 1 fully saturated rings. The molecular weight excluding hydrogens is 396 g/mol. The van der Waals surface area contributed by atoms with Crippen LogP contribution in [0, 0.1) is 10.1 Å². The van der Waals surface area contributed by atoms with Crippen molar-refractivity contribution in [2.45, 2.75) is 13.0 Å². The number of carbonyl (C=O) groups excluding carboxylic acids is 1. The van der Waals surface area contributed by atoms with E-state index in [1.807, 2.05) is 31.2 Å². The fraction of sp³-hybridized carbons (Fsp3) is 0.350. The number of hydrogen-bond donors (Lipinski definition) is 2. The minimum absolute atomic E-state index is 0.116. The van der Waals surface area contributed by atoms with Gasteiger partial charge in [-0.2, -0.15) is 0 Å². The van der Waals surface area contributed by atoms with Crippen LogP contribution in [-0.4, -0.2) is 50.2 Å². The molecule has 154 valence electrons. The number of methoxy groups -OCH3 is 1. The number of non-ortho nitro benzene ring substituents is 1. The van der Waals surface area contributed by atoms with E-state index >= 15 is 0 Å². The number of para-hydroxylation sites is 2. The summed E-state index contributed by atoms with van der Waals surface area (Å²) in [5.74, 6) is 0.621. The summed E-state index contributed by atoms with van der Waals surface area (Å²) >= 11 is 6.09. The lowest BCUT2D eigenvalue weighted by molar-refractivity contribution is -0.914. The fourth-order valence-corrected chi connectivity index (χ4v) is 3.67. The third-order valence-corrected chi connectivity index (χ3v) is 5.59. The van der Waals surface area contributed by atoms with Crippen molar-refractivity contribution in [1.82, 2.24) is 0 Å². The van der Waals surface area contributed by atoms with Crippen LogP contribution in [0.4, 0.5) is 17.1 Å². The van der Waals surface area contributed by atoms with Crippen LogP contribution in [0.1, 0.15) is 6.92 Å². The van der Waals surface area contributed by atoms with E-state index < -0.39 is 4.92 Å². The number of rotatable bonds is 6. The first-order chi connectivity index (χ1) is 13.9. The lowest BCUT2D eigenvalue weighted by Gasteiger charge is -2.36. The van der Waals surface area contributed by atoms with E-state index in [4.69, 9.17) is 16.3 Å². The van der Waals surface area contributed by atoms with E-state index in [1.165, 1.54) is 18.2 Å². The maximum absolute atomic E-state index is 12.7. The number of benzene rings is 2. The highest BCUT2D eigenvalue weighted by Crippen LogP contribution is 2.28. The van der Waals surface area contributed by atoms with Gasteiger partial charge in [0.15, 0.2) is 6.04 Å². The van der Waals surface area contributed by atoms with Crippen LogP contribution in [0.3, 0.4) is 0 Å². The molecule has 0 aliphatic carbocycles. The smallest absolute Gasteiger partial charge is 0.282 e. The molecule has 2 aromatic rings. The van der Waals surface area contributed by atoms with Gasteiger partial charge in [-0.05, 0) is 25.1 Å². The van der Waals surface area contributed by atoms with Crippen LogP contribution in [0.5, 0.6) is 5.75 Å². The second-order valence-corrected chi connectivity index (χ2v) is 7.36.